The van der Waals surface area contributed by atoms with Gasteiger partial charge in [-0.05, 0) is 6.07 Å². The monoisotopic (exact) mass is 351 g/mol. The second kappa shape index (κ2) is 5.70. The second-order valence-electron chi connectivity index (χ2n) is 6.99. The summed E-state index contributed by atoms with van der Waals surface area (Å²) in [7, 11) is 0. The van der Waals surface area contributed by atoms with E-state index in [0.717, 1.165) is 28.3 Å². The zero-order chi connectivity index (χ0) is 17.6. The summed E-state index contributed by atoms with van der Waals surface area (Å²) in [5.41, 5.74) is 3.51. The highest BCUT2D eigenvalue weighted by atomic mass is 35.5. The van der Waals surface area contributed by atoms with Crippen molar-refractivity contribution in [3.8, 4) is 16.9 Å². The summed E-state index contributed by atoms with van der Waals surface area (Å²) >= 11 is 6.41. The van der Waals surface area contributed by atoms with Crippen LogP contribution in [0.4, 0.5) is 0 Å². The number of nitrogens with zero attached hydrogens (tertiary/aromatic N) is 5. The van der Waals surface area contributed by atoms with E-state index in [1.165, 1.54) is 0 Å². The van der Waals surface area contributed by atoms with E-state index >= 15 is 0 Å². The summed E-state index contributed by atoms with van der Waals surface area (Å²) in [5, 5.41) is 5.25. The molecule has 1 aromatic carbocycles. The molecule has 0 saturated carbocycles. The standard InChI is InChI=1S/C19H18ClN5/c1-19(2,3)16-10-17(24-9-8-21-12-24)25-18(23-16)14(11-22-25)13-6-4-5-7-15(13)20/h4-12H,1-3H3. The van der Waals surface area contributed by atoms with Gasteiger partial charge in [0.1, 0.15) is 12.1 Å². The lowest BCUT2D eigenvalue weighted by Crippen LogP contribution is -2.16. The summed E-state index contributed by atoms with van der Waals surface area (Å²) in [6.07, 6.45) is 7.23. The first-order valence-corrected chi connectivity index (χ1v) is 8.45. The average Bonchev–Trinajstić information content (AvgIpc) is 3.23. The summed E-state index contributed by atoms with van der Waals surface area (Å²) in [6, 6.07) is 9.81. The Morgan fingerprint density at radius 1 is 1.08 bits per heavy atom. The van der Waals surface area contributed by atoms with E-state index in [9.17, 15) is 0 Å². The Morgan fingerprint density at radius 3 is 2.56 bits per heavy atom. The topological polar surface area (TPSA) is 48.0 Å². The van der Waals surface area contributed by atoms with Gasteiger partial charge in [-0.1, -0.05) is 50.6 Å². The largest absolute Gasteiger partial charge is 0.290 e. The number of aromatic nitrogens is 5. The first kappa shape index (κ1) is 15.8. The molecule has 5 nitrogen and oxygen atoms in total. The fourth-order valence-corrected chi connectivity index (χ4v) is 3.02. The number of imidazole rings is 1. The minimum atomic E-state index is -0.0981. The highest BCUT2D eigenvalue weighted by Crippen LogP contribution is 2.32. The highest BCUT2D eigenvalue weighted by molar-refractivity contribution is 6.33. The number of fused-ring (bicyclic) bond motifs is 1. The molecule has 3 aromatic heterocycles. The minimum Gasteiger partial charge on any atom is -0.290 e. The van der Waals surface area contributed by atoms with Gasteiger partial charge in [-0.3, -0.25) is 4.57 Å². The molecule has 0 fully saturated rings. The molecule has 0 spiro atoms. The Bertz CT molecular complexity index is 1040. The molecule has 3 heterocycles. The van der Waals surface area contributed by atoms with E-state index in [0.29, 0.717) is 5.02 Å². The van der Waals surface area contributed by atoms with Crippen molar-refractivity contribution in [3.63, 3.8) is 0 Å². The normalized spacial score (nSPS) is 12.0. The van der Waals surface area contributed by atoms with Crippen molar-refractivity contribution in [1.82, 2.24) is 24.1 Å². The molecule has 4 rings (SSSR count). The Morgan fingerprint density at radius 2 is 1.88 bits per heavy atom. The summed E-state index contributed by atoms with van der Waals surface area (Å²) < 4.78 is 3.77. The second-order valence-corrected chi connectivity index (χ2v) is 7.40. The molecular formula is C19H18ClN5. The molecule has 0 saturated heterocycles. The van der Waals surface area contributed by atoms with Crippen LogP contribution in [0.1, 0.15) is 26.5 Å². The van der Waals surface area contributed by atoms with Crippen LogP contribution in [0.25, 0.3) is 22.6 Å². The van der Waals surface area contributed by atoms with Gasteiger partial charge >= 0.3 is 0 Å². The Balaban J connectivity index is 2.06. The zero-order valence-corrected chi connectivity index (χ0v) is 15.1. The smallest absolute Gasteiger partial charge is 0.165 e. The summed E-state index contributed by atoms with van der Waals surface area (Å²) in [5.74, 6) is 0.894. The van der Waals surface area contributed by atoms with Crippen molar-refractivity contribution >= 4 is 17.2 Å². The highest BCUT2D eigenvalue weighted by Gasteiger charge is 2.21. The molecule has 0 aliphatic rings. The maximum Gasteiger partial charge on any atom is 0.165 e. The molecular weight excluding hydrogens is 334 g/mol. The molecule has 126 valence electrons. The van der Waals surface area contributed by atoms with Crippen LogP contribution < -0.4 is 0 Å². The molecule has 25 heavy (non-hydrogen) atoms. The van der Waals surface area contributed by atoms with Gasteiger partial charge in [-0.25, -0.2) is 9.97 Å². The molecule has 0 aliphatic heterocycles. The Hall–Kier alpha value is -2.66. The lowest BCUT2D eigenvalue weighted by molar-refractivity contribution is 0.567. The fraction of sp³-hybridized carbons (Fsp3) is 0.211. The molecule has 0 amide bonds. The van der Waals surface area contributed by atoms with Crippen LogP contribution in [-0.2, 0) is 5.41 Å². The van der Waals surface area contributed by atoms with Crippen molar-refractivity contribution in [3.05, 3.63) is 66.0 Å². The SMILES string of the molecule is CC(C)(C)c1cc(-n2ccnc2)n2ncc(-c3ccccc3Cl)c2n1. The molecule has 0 unspecified atom stereocenters. The van der Waals surface area contributed by atoms with Gasteiger partial charge in [-0.15, -0.1) is 0 Å². The van der Waals surface area contributed by atoms with Gasteiger partial charge in [0.05, 0.1) is 11.9 Å². The average molecular weight is 352 g/mol. The molecule has 0 radical (unpaired) electrons. The van der Waals surface area contributed by atoms with Gasteiger partial charge in [0.15, 0.2) is 5.65 Å². The molecule has 4 aromatic rings. The molecule has 0 N–H and O–H groups in total. The van der Waals surface area contributed by atoms with Crippen molar-refractivity contribution in [1.29, 1.82) is 0 Å². The van der Waals surface area contributed by atoms with E-state index in [2.05, 4.69) is 36.9 Å². The third-order valence-electron chi connectivity index (χ3n) is 4.15. The number of hydrogen-bond donors (Lipinski definition) is 0. The van der Waals surface area contributed by atoms with Crippen molar-refractivity contribution in [2.45, 2.75) is 26.2 Å². The third-order valence-corrected chi connectivity index (χ3v) is 4.48. The predicted molar refractivity (Wildman–Crippen MR) is 99.3 cm³/mol. The first-order valence-electron chi connectivity index (χ1n) is 8.07. The molecule has 0 bridgehead atoms. The lowest BCUT2D eigenvalue weighted by Gasteiger charge is -2.19. The summed E-state index contributed by atoms with van der Waals surface area (Å²) in [4.78, 5) is 9.06. The number of hydrogen-bond acceptors (Lipinski definition) is 3. The van der Waals surface area contributed by atoms with Gasteiger partial charge in [0.25, 0.3) is 0 Å². The third kappa shape index (κ3) is 2.70. The van der Waals surface area contributed by atoms with E-state index in [1.54, 1.807) is 12.5 Å². The van der Waals surface area contributed by atoms with Crippen LogP contribution in [-0.4, -0.2) is 24.1 Å². The Labute approximate surface area is 150 Å². The van der Waals surface area contributed by atoms with Gasteiger partial charge < -0.3 is 0 Å². The predicted octanol–water partition coefficient (Wildman–Crippen LogP) is 4.53. The lowest BCUT2D eigenvalue weighted by atomic mass is 9.92. The molecule has 6 heteroatoms. The summed E-state index contributed by atoms with van der Waals surface area (Å²) in [6.45, 7) is 6.44. The fourth-order valence-electron chi connectivity index (χ4n) is 2.78. The van der Waals surface area contributed by atoms with Crippen molar-refractivity contribution in [2.75, 3.05) is 0 Å². The quantitative estimate of drug-likeness (QED) is 0.533. The number of rotatable bonds is 2. The zero-order valence-electron chi connectivity index (χ0n) is 14.3. The van der Waals surface area contributed by atoms with Crippen LogP contribution in [0.3, 0.4) is 0 Å². The van der Waals surface area contributed by atoms with Crippen LogP contribution in [0.2, 0.25) is 5.02 Å². The van der Waals surface area contributed by atoms with Crippen LogP contribution in [0.5, 0.6) is 0 Å². The van der Waals surface area contributed by atoms with Crippen molar-refractivity contribution in [2.24, 2.45) is 0 Å². The van der Waals surface area contributed by atoms with Crippen LogP contribution in [0, 0.1) is 0 Å². The Kier molecular flexibility index (Phi) is 3.62. The van der Waals surface area contributed by atoms with Gasteiger partial charge in [0.2, 0.25) is 0 Å². The van der Waals surface area contributed by atoms with E-state index < -0.39 is 0 Å². The van der Waals surface area contributed by atoms with Crippen molar-refractivity contribution < 1.29 is 0 Å². The maximum absolute atomic E-state index is 6.41. The molecule has 0 aliphatic carbocycles. The van der Waals surface area contributed by atoms with Gasteiger partial charge in [0, 0.05) is 40.0 Å². The van der Waals surface area contributed by atoms with Crippen LogP contribution in [0.15, 0.2) is 55.2 Å². The number of halogens is 1. The van der Waals surface area contributed by atoms with Crippen LogP contribution >= 0.6 is 11.6 Å². The number of benzene rings is 1. The van der Waals surface area contributed by atoms with Gasteiger partial charge in [-0.2, -0.15) is 9.61 Å². The van der Waals surface area contributed by atoms with E-state index in [4.69, 9.17) is 16.6 Å². The first-order chi connectivity index (χ1) is 11.9. The molecule has 0 atom stereocenters. The van der Waals surface area contributed by atoms with E-state index in [1.807, 2.05) is 45.7 Å². The van der Waals surface area contributed by atoms with E-state index in [-0.39, 0.29) is 5.41 Å². The maximum atomic E-state index is 6.41. The minimum absolute atomic E-state index is 0.0981.